The van der Waals surface area contributed by atoms with Gasteiger partial charge in [-0.05, 0) is 11.6 Å². The molecular weight excluding hydrogens is 254 g/mol. The van der Waals surface area contributed by atoms with Gasteiger partial charge in [0.05, 0.1) is 18.7 Å². The number of pyridine rings is 1. The van der Waals surface area contributed by atoms with Crippen LogP contribution in [0.2, 0.25) is 0 Å². The predicted octanol–water partition coefficient (Wildman–Crippen LogP) is 0.737. The zero-order chi connectivity index (χ0) is 13.8. The minimum atomic E-state index is 0.134. The van der Waals surface area contributed by atoms with E-state index in [1.54, 1.807) is 31.0 Å². The summed E-state index contributed by atoms with van der Waals surface area (Å²) < 4.78 is 0. The standard InChI is InChI=1S/C14H15N5O/c20-14(6-11-2-1-3-15-7-11)19-9-12(10-19)18-13-8-16-4-5-17-13/h1-5,7-8,12H,6,9-10H2,(H,17,18). The molecule has 0 unspecified atom stereocenters. The van der Waals surface area contributed by atoms with Crippen LogP contribution in [0.4, 0.5) is 5.82 Å². The van der Waals surface area contributed by atoms with Crippen molar-refractivity contribution in [2.75, 3.05) is 18.4 Å². The molecule has 6 nitrogen and oxygen atoms in total. The average molecular weight is 269 g/mol. The Hall–Kier alpha value is -2.50. The van der Waals surface area contributed by atoms with Gasteiger partial charge in [0.1, 0.15) is 5.82 Å². The summed E-state index contributed by atoms with van der Waals surface area (Å²) in [7, 11) is 0. The molecule has 2 aromatic heterocycles. The highest BCUT2D eigenvalue weighted by molar-refractivity contribution is 5.79. The molecule has 102 valence electrons. The lowest BCUT2D eigenvalue weighted by Crippen LogP contribution is -2.57. The molecule has 0 spiro atoms. The summed E-state index contributed by atoms with van der Waals surface area (Å²) in [4.78, 5) is 26.0. The van der Waals surface area contributed by atoms with E-state index in [0.717, 1.165) is 11.4 Å². The molecule has 0 bridgehead atoms. The minimum absolute atomic E-state index is 0.134. The third-order valence-corrected chi connectivity index (χ3v) is 3.23. The first kappa shape index (κ1) is 12.5. The number of rotatable bonds is 4. The van der Waals surface area contributed by atoms with Gasteiger partial charge in [-0.1, -0.05) is 6.07 Å². The lowest BCUT2D eigenvalue weighted by molar-refractivity contribution is -0.134. The molecule has 20 heavy (non-hydrogen) atoms. The van der Waals surface area contributed by atoms with Crippen LogP contribution < -0.4 is 5.32 Å². The maximum Gasteiger partial charge on any atom is 0.227 e. The number of likely N-dealkylation sites (tertiary alicyclic amines) is 1. The second-order valence-corrected chi connectivity index (χ2v) is 4.77. The number of anilines is 1. The van der Waals surface area contributed by atoms with Crippen LogP contribution in [0.1, 0.15) is 5.56 Å². The van der Waals surface area contributed by atoms with Gasteiger partial charge in [0.15, 0.2) is 0 Å². The fraction of sp³-hybridized carbons (Fsp3) is 0.286. The molecule has 0 aliphatic carbocycles. The lowest BCUT2D eigenvalue weighted by Gasteiger charge is -2.39. The Morgan fingerprint density at radius 3 is 2.80 bits per heavy atom. The first-order valence-electron chi connectivity index (χ1n) is 6.50. The fourth-order valence-corrected chi connectivity index (χ4v) is 2.15. The van der Waals surface area contributed by atoms with Crippen molar-refractivity contribution in [3.05, 3.63) is 48.7 Å². The molecule has 0 saturated carbocycles. The van der Waals surface area contributed by atoms with Crippen molar-refractivity contribution in [1.82, 2.24) is 19.9 Å². The van der Waals surface area contributed by atoms with Gasteiger partial charge in [-0.2, -0.15) is 0 Å². The van der Waals surface area contributed by atoms with Gasteiger partial charge in [0, 0.05) is 37.9 Å². The molecule has 6 heteroatoms. The summed E-state index contributed by atoms with van der Waals surface area (Å²) in [5.74, 6) is 0.882. The van der Waals surface area contributed by atoms with E-state index in [9.17, 15) is 4.79 Å². The smallest absolute Gasteiger partial charge is 0.227 e. The van der Waals surface area contributed by atoms with Crippen LogP contribution in [0.25, 0.3) is 0 Å². The molecule has 3 heterocycles. The first-order chi connectivity index (χ1) is 9.81. The van der Waals surface area contributed by atoms with Crippen molar-refractivity contribution in [1.29, 1.82) is 0 Å². The second kappa shape index (κ2) is 5.64. The molecule has 1 amide bonds. The summed E-state index contributed by atoms with van der Waals surface area (Å²) in [5, 5.41) is 3.25. The molecular formula is C14H15N5O. The lowest BCUT2D eigenvalue weighted by atomic mass is 10.1. The average Bonchev–Trinajstić information content (AvgIpc) is 2.44. The Labute approximate surface area is 116 Å². The van der Waals surface area contributed by atoms with Crippen LogP contribution in [-0.4, -0.2) is 44.9 Å². The van der Waals surface area contributed by atoms with Gasteiger partial charge in [0.25, 0.3) is 0 Å². The number of aromatic nitrogens is 3. The zero-order valence-electron chi connectivity index (χ0n) is 10.9. The third-order valence-electron chi connectivity index (χ3n) is 3.23. The monoisotopic (exact) mass is 269 g/mol. The van der Waals surface area contributed by atoms with Gasteiger partial charge in [-0.3, -0.25) is 14.8 Å². The van der Waals surface area contributed by atoms with E-state index in [2.05, 4.69) is 20.3 Å². The van der Waals surface area contributed by atoms with Crippen LogP contribution >= 0.6 is 0 Å². The van der Waals surface area contributed by atoms with Gasteiger partial charge < -0.3 is 10.2 Å². The van der Waals surface area contributed by atoms with E-state index in [1.807, 2.05) is 17.0 Å². The van der Waals surface area contributed by atoms with Crippen LogP contribution in [0.15, 0.2) is 43.1 Å². The maximum atomic E-state index is 12.0. The molecule has 0 radical (unpaired) electrons. The van der Waals surface area contributed by atoms with Crippen LogP contribution in [-0.2, 0) is 11.2 Å². The number of carbonyl (C=O) groups is 1. The van der Waals surface area contributed by atoms with Crippen molar-refractivity contribution < 1.29 is 4.79 Å². The van der Waals surface area contributed by atoms with Gasteiger partial charge >= 0.3 is 0 Å². The Bertz CT molecular complexity index is 569. The third kappa shape index (κ3) is 2.90. The van der Waals surface area contributed by atoms with Gasteiger partial charge in [-0.15, -0.1) is 0 Å². The highest BCUT2D eigenvalue weighted by Crippen LogP contribution is 2.14. The maximum absolute atomic E-state index is 12.0. The summed E-state index contributed by atoms with van der Waals surface area (Å²) in [6, 6.07) is 4.02. The molecule has 0 atom stereocenters. The topological polar surface area (TPSA) is 71.0 Å². The quantitative estimate of drug-likeness (QED) is 0.886. The zero-order valence-corrected chi connectivity index (χ0v) is 10.9. The van der Waals surface area contributed by atoms with E-state index in [4.69, 9.17) is 0 Å². The minimum Gasteiger partial charge on any atom is -0.362 e. The molecule has 2 aromatic rings. The summed E-state index contributed by atoms with van der Waals surface area (Å²) in [6.07, 6.45) is 8.80. The predicted molar refractivity (Wildman–Crippen MR) is 74.0 cm³/mol. The Morgan fingerprint density at radius 1 is 1.25 bits per heavy atom. The van der Waals surface area contributed by atoms with Gasteiger partial charge in [-0.25, -0.2) is 4.98 Å². The second-order valence-electron chi connectivity index (χ2n) is 4.77. The number of carbonyl (C=O) groups excluding carboxylic acids is 1. The SMILES string of the molecule is O=C(Cc1cccnc1)N1CC(Nc2cnccn2)C1. The summed E-state index contributed by atoms with van der Waals surface area (Å²) >= 11 is 0. The molecule has 1 N–H and O–H groups in total. The molecule has 1 aliphatic heterocycles. The number of hydrogen-bond donors (Lipinski definition) is 1. The van der Waals surface area contributed by atoms with Crippen LogP contribution in [0.3, 0.4) is 0 Å². The number of nitrogens with zero attached hydrogens (tertiary/aromatic N) is 4. The normalized spacial score (nSPS) is 14.7. The largest absolute Gasteiger partial charge is 0.362 e. The van der Waals surface area contributed by atoms with E-state index in [1.165, 1.54) is 0 Å². The Morgan fingerprint density at radius 2 is 2.10 bits per heavy atom. The van der Waals surface area contributed by atoms with E-state index >= 15 is 0 Å². The van der Waals surface area contributed by atoms with E-state index < -0.39 is 0 Å². The molecule has 1 aliphatic rings. The number of nitrogens with one attached hydrogen (secondary N) is 1. The fourth-order valence-electron chi connectivity index (χ4n) is 2.15. The Kier molecular flexibility index (Phi) is 3.54. The summed E-state index contributed by atoms with van der Waals surface area (Å²) in [6.45, 7) is 1.41. The summed E-state index contributed by atoms with van der Waals surface area (Å²) in [5.41, 5.74) is 0.947. The van der Waals surface area contributed by atoms with Crippen LogP contribution in [0.5, 0.6) is 0 Å². The number of amides is 1. The highest BCUT2D eigenvalue weighted by atomic mass is 16.2. The van der Waals surface area contributed by atoms with E-state index in [-0.39, 0.29) is 11.9 Å². The molecule has 1 fully saturated rings. The Balaban J connectivity index is 1.47. The molecule has 3 rings (SSSR count). The molecule has 1 saturated heterocycles. The van der Waals surface area contributed by atoms with E-state index in [0.29, 0.717) is 19.5 Å². The van der Waals surface area contributed by atoms with Gasteiger partial charge in [0.2, 0.25) is 5.91 Å². The first-order valence-corrected chi connectivity index (χ1v) is 6.50. The van der Waals surface area contributed by atoms with Crippen molar-refractivity contribution in [2.45, 2.75) is 12.5 Å². The van der Waals surface area contributed by atoms with Crippen molar-refractivity contribution in [2.24, 2.45) is 0 Å². The van der Waals surface area contributed by atoms with Crippen molar-refractivity contribution >= 4 is 11.7 Å². The van der Waals surface area contributed by atoms with Crippen LogP contribution in [0, 0.1) is 0 Å². The highest BCUT2D eigenvalue weighted by Gasteiger charge is 2.30. The number of hydrogen-bond acceptors (Lipinski definition) is 5. The van der Waals surface area contributed by atoms with Crippen molar-refractivity contribution in [3.63, 3.8) is 0 Å². The molecule has 0 aromatic carbocycles. The van der Waals surface area contributed by atoms with Crippen molar-refractivity contribution in [3.8, 4) is 0 Å².